The number of aromatic amines is 1. The minimum atomic E-state index is -1.43. The molecule has 8 heteroatoms. The molecule has 0 radical (unpaired) electrons. The van der Waals surface area contributed by atoms with Crippen molar-refractivity contribution in [3.63, 3.8) is 0 Å². The van der Waals surface area contributed by atoms with Gasteiger partial charge in [0, 0.05) is 25.8 Å². The van der Waals surface area contributed by atoms with E-state index in [2.05, 4.69) is 10.2 Å². The topological polar surface area (TPSA) is 88.4 Å². The fourth-order valence-electron chi connectivity index (χ4n) is 3.24. The van der Waals surface area contributed by atoms with Crippen molar-refractivity contribution in [1.82, 2.24) is 15.1 Å². The van der Waals surface area contributed by atoms with Gasteiger partial charge in [0.2, 0.25) is 5.89 Å². The predicted molar refractivity (Wildman–Crippen MR) is 86.4 cm³/mol. The molecule has 1 fully saturated rings. The molecule has 0 bridgehead atoms. The normalized spacial score (nSPS) is 20.3. The molecule has 0 aliphatic carbocycles. The van der Waals surface area contributed by atoms with Crippen molar-refractivity contribution in [3.05, 3.63) is 52.1 Å². The monoisotopic (exact) mass is 349 g/mol. The Bertz CT molecular complexity index is 818. The lowest BCUT2D eigenvalue weighted by Crippen LogP contribution is -2.50. The summed E-state index contributed by atoms with van der Waals surface area (Å²) in [6.45, 7) is 2.42. The molecule has 2 heterocycles. The number of ether oxygens (including phenoxy) is 1. The molecule has 1 amide bonds. The number of benzene rings is 1. The lowest BCUT2D eigenvalue weighted by molar-refractivity contribution is -0.156. The third-order valence-electron chi connectivity index (χ3n) is 4.72. The standard InChI is InChI=1S/C17H20FN3O4/c1-17(24-2,12-7-3-4-8-13(12)18)15(22)21-9-5-6-11(10-21)14-19-20-16(23)25-14/h3-4,7-8,11H,5-6,9-10H2,1-2H3,(H,20,23). The number of rotatable bonds is 4. The van der Waals surface area contributed by atoms with Gasteiger partial charge in [-0.05, 0) is 25.8 Å². The van der Waals surface area contributed by atoms with Crippen LogP contribution in [-0.2, 0) is 15.1 Å². The van der Waals surface area contributed by atoms with Gasteiger partial charge < -0.3 is 14.1 Å². The van der Waals surface area contributed by atoms with E-state index in [1.165, 1.54) is 13.2 Å². The minimum Gasteiger partial charge on any atom is -0.392 e. The number of piperidine rings is 1. The number of carbonyl (C=O) groups is 1. The second-order valence-corrected chi connectivity index (χ2v) is 6.26. The Labute approximate surface area is 143 Å². The highest BCUT2D eigenvalue weighted by atomic mass is 19.1. The highest BCUT2D eigenvalue weighted by Gasteiger charge is 2.42. The lowest BCUT2D eigenvalue weighted by Gasteiger charge is -2.37. The maximum atomic E-state index is 14.2. The molecular weight excluding hydrogens is 329 g/mol. The van der Waals surface area contributed by atoms with Gasteiger partial charge >= 0.3 is 5.76 Å². The van der Waals surface area contributed by atoms with Crippen LogP contribution in [-0.4, -0.2) is 41.2 Å². The molecule has 1 saturated heterocycles. The van der Waals surface area contributed by atoms with Gasteiger partial charge in [0.1, 0.15) is 5.82 Å². The first-order valence-corrected chi connectivity index (χ1v) is 8.10. The van der Waals surface area contributed by atoms with Crippen molar-refractivity contribution >= 4 is 5.91 Å². The number of carbonyl (C=O) groups excluding carboxylic acids is 1. The zero-order chi connectivity index (χ0) is 18.0. The molecule has 2 unspecified atom stereocenters. The van der Waals surface area contributed by atoms with Gasteiger partial charge in [-0.1, -0.05) is 18.2 Å². The quantitative estimate of drug-likeness (QED) is 0.909. The first-order valence-electron chi connectivity index (χ1n) is 8.10. The number of methoxy groups -OCH3 is 1. The third kappa shape index (κ3) is 3.21. The molecule has 1 N–H and O–H groups in total. The molecule has 1 aromatic heterocycles. The summed E-state index contributed by atoms with van der Waals surface area (Å²) in [7, 11) is 1.39. The van der Waals surface area contributed by atoms with Crippen molar-refractivity contribution in [1.29, 1.82) is 0 Å². The molecule has 0 spiro atoms. The lowest BCUT2D eigenvalue weighted by atomic mass is 9.91. The van der Waals surface area contributed by atoms with Gasteiger partial charge in [0.25, 0.3) is 5.91 Å². The fourth-order valence-corrected chi connectivity index (χ4v) is 3.24. The van der Waals surface area contributed by atoms with E-state index in [-0.39, 0.29) is 23.3 Å². The van der Waals surface area contributed by atoms with Crippen LogP contribution < -0.4 is 5.76 Å². The summed E-state index contributed by atoms with van der Waals surface area (Å²) in [5, 5.41) is 6.09. The van der Waals surface area contributed by atoms with Crippen molar-refractivity contribution < 1.29 is 18.3 Å². The van der Waals surface area contributed by atoms with E-state index in [1.54, 1.807) is 30.0 Å². The Morgan fingerprint density at radius 3 is 2.88 bits per heavy atom. The highest BCUT2D eigenvalue weighted by molar-refractivity contribution is 5.86. The van der Waals surface area contributed by atoms with Gasteiger partial charge in [-0.25, -0.2) is 14.3 Å². The molecular formula is C17H20FN3O4. The number of hydrogen-bond acceptors (Lipinski definition) is 5. The highest BCUT2D eigenvalue weighted by Crippen LogP contribution is 2.32. The van der Waals surface area contributed by atoms with Crippen LogP contribution in [0.2, 0.25) is 0 Å². The summed E-state index contributed by atoms with van der Waals surface area (Å²) in [5.74, 6) is -1.34. The van der Waals surface area contributed by atoms with Crippen LogP contribution >= 0.6 is 0 Å². The van der Waals surface area contributed by atoms with E-state index < -0.39 is 17.2 Å². The molecule has 2 aromatic rings. The second-order valence-electron chi connectivity index (χ2n) is 6.26. The first-order chi connectivity index (χ1) is 12.0. The summed E-state index contributed by atoms with van der Waals surface area (Å²) < 4.78 is 24.7. The van der Waals surface area contributed by atoms with Crippen LogP contribution in [0.1, 0.15) is 37.1 Å². The van der Waals surface area contributed by atoms with E-state index in [4.69, 9.17) is 9.15 Å². The fraction of sp³-hybridized carbons (Fsp3) is 0.471. The van der Waals surface area contributed by atoms with Crippen LogP contribution in [0.4, 0.5) is 4.39 Å². The van der Waals surface area contributed by atoms with Crippen molar-refractivity contribution in [2.24, 2.45) is 0 Å². The molecule has 7 nitrogen and oxygen atoms in total. The number of H-pyrrole nitrogens is 1. The van der Waals surface area contributed by atoms with E-state index >= 15 is 0 Å². The summed E-state index contributed by atoms with van der Waals surface area (Å²) in [6, 6.07) is 6.08. The van der Waals surface area contributed by atoms with Crippen molar-refractivity contribution in [3.8, 4) is 0 Å². The number of aromatic nitrogens is 2. The number of halogens is 1. The average Bonchev–Trinajstić information content (AvgIpc) is 3.07. The smallest absolute Gasteiger partial charge is 0.392 e. The van der Waals surface area contributed by atoms with E-state index in [9.17, 15) is 14.0 Å². The molecule has 1 aliphatic rings. The zero-order valence-corrected chi connectivity index (χ0v) is 14.1. The summed E-state index contributed by atoms with van der Waals surface area (Å²) in [6.07, 6.45) is 1.48. The van der Waals surface area contributed by atoms with Crippen molar-refractivity contribution in [2.45, 2.75) is 31.3 Å². The maximum absolute atomic E-state index is 14.2. The SMILES string of the molecule is COC(C)(C(=O)N1CCCC(c2n[nH]c(=O)o2)C1)c1ccccc1F. The minimum absolute atomic E-state index is 0.182. The summed E-state index contributed by atoms with van der Waals surface area (Å²) >= 11 is 0. The van der Waals surface area contributed by atoms with Crippen LogP contribution in [0.5, 0.6) is 0 Å². The van der Waals surface area contributed by atoms with E-state index in [1.807, 2.05) is 0 Å². The van der Waals surface area contributed by atoms with Gasteiger partial charge in [0.15, 0.2) is 5.60 Å². The largest absolute Gasteiger partial charge is 0.434 e. The number of nitrogens with zero attached hydrogens (tertiary/aromatic N) is 2. The molecule has 3 rings (SSSR count). The Hall–Kier alpha value is -2.48. The zero-order valence-electron chi connectivity index (χ0n) is 14.1. The molecule has 2 atom stereocenters. The van der Waals surface area contributed by atoms with Gasteiger partial charge in [-0.15, -0.1) is 5.10 Å². The number of nitrogens with one attached hydrogen (secondary N) is 1. The number of amides is 1. The number of hydrogen-bond donors (Lipinski definition) is 1. The average molecular weight is 349 g/mol. The van der Waals surface area contributed by atoms with E-state index in [0.29, 0.717) is 13.1 Å². The predicted octanol–water partition coefficient (Wildman–Crippen LogP) is 1.77. The van der Waals surface area contributed by atoms with Gasteiger partial charge in [-0.3, -0.25) is 4.79 Å². The van der Waals surface area contributed by atoms with Crippen LogP contribution in [0.15, 0.2) is 33.5 Å². The summed E-state index contributed by atoms with van der Waals surface area (Å²) in [5.41, 5.74) is -1.24. The Morgan fingerprint density at radius 1 is 1.48 bits per heavy atom. The molecule has 25 heavy (non-hydrogen) atoms. The Kier molecular flexibility index (Phi) is 4.71. The molecule has 134 valence electrons. The van der Waals surface area contributed by atoms with Crippen LogP contribution in [0.25, 0.3) is 0 Å². The Balaban J connectivity index is 1.85. The van der Waals surface area contributed by atoms with Crippen LogP contribution in [0, 0.1) is 5.82 Å². The van der Waals surface area contributed by atoms with Crippen molar-refractivity contribution in [2.75, 3.05) is 20.2 Å². The van der Waals surface area contributed by atoms with Gasteiger partial charge in [0.05, 0.1) is 5.92 Å². The maximum Gasteiger partial charge on any atom is 0.434 e. The molecule has 0 saturated carbocycles. The first kappa shape index (κ1) is 17.3. The summed E-state index contributed by atoms with van der Waals surface area (Å²) in [4.78, 5) is 25.9. The molecule has 1 aliphatic heterocycles. The second kappa shape index (κ2) is 6.79. The Morgan fingerprint density at radius 2 is 2.24 bits per heavy atom. The number of likely N-dealkylation sites (tertiary alicyclic amines) is 1. The molecule has 1 aromatic carbocycles. The van der Waals surface area contributed by atoms with Gasteiger partial charge in [-0.2, -0.15) is 0 Å². The van der Waals surface area contributed by atoms with E-state index in [0.717, 1.165) is 12.8 Å². The van der Waals surface area contributed by atoms with Crippen LogP contribution in [0.3, 0.4) is 0 Å². The third-order valence-corrected chi connectivity index (χ3v) is 4.72.